The summed E-state index contributed by atoms with van der Waals surface area (Å²) < 4.78 is 1.77. The number of rotatable bonds is 3. The molecule has 2 heterocycles. The fourth-order valence-corrected chi connectivity index (χ4v) is 2.87. The van der Waals surface area contributed by atoms with Gasteiger partial charge in [-0.2, -0.15) is 0 Å². The van der Waals surface area contributed by atoms with Gasteiger partial charge in [0.25, 0.3) is 0 Å². The largest absolute Gasteiger partial charge is 0.396 e. The minimum atomic E-state index is 0.243. The van der Waals surface area contributed by atoms with E-state index in [1.54, 1.807) is 4.68 Å². The standard InChI is InChI=1S/C11H14ClN5O/c12-10-9-11(14-6-13-10)17(16-15-9)4-7-2-1-3-8(7)5-18/h6-8,18H,1-5H2/t7-,8-/m0/s1. The summed E-state index contributed by atoms with van der Waals surface area (Å²) in [7, 11) is 0. The zero-order valence-electron chi connectivity index (χ0n) is 9.83. The first-order chi connectivity index (χ1) is 8.79. The quantitative estimate of drug-likeness (QED) is 0.848. The zero-order valence-corrected chi connectivity index (χ0v) is 10.6. The molecule has 0 aromatic carbocycles. The number of nitrogens with zero attached hydrogens (tertiary/aromatic N) is 5. The Morgan fingerprint density at radius 2 is 2.17 bits per heavy atom. The third-order valence-electron chi connectivity index (χ3n) is 3.71. The van der Waals surface area contributed by atoms with E-state index >= 15 is 0 Å². The van der Waals surface area contributed by atoms with Crippen LogP contribution in [0.3, 0.4) is 0 Å². The van der Waals surface area contributed by atoms with Crippen molar-refractivity contribution < 1.29 is 5.11 Å². The monoisotopic (exact) mass is 267 g/mol. The van der Waals surface area contributed by atoms with E-state index in [1.807, 2.05) is 0 Å². The summed E-state index contributed by atoms with van der Waals surface area (Å²) in [5, 5.41) is 17.8. The maximum Gasteiger partial charge on any atom is 0.183 e. The van der Waals surface area contributed by atoms with Crippen molar-refractivity contribution in [1.82, 2.24) is 25.0 Å². The van der Waals surface area contributed by atoms with Gasteiger partial charge in [-0.05, 0) is 24.7 Å². The molecule has 0 bridgehead atoms. The molecule has 6 nitrogen and oxygen atoms in total. The van der Waals surface area contributed by atoms with Crippen molar-refractivity contribution in [2.24, 2.45) is 11.8 Å². The molecule has 1 fully saturated rings. The summed E-state index contributed by atoms with van der Waals surface area (Å²) in [4.78, 5) is 8.06. The van der Waals surface area contributed by atoms with E-state index in [-0.39, 0.29) is 6.61 Å². The topological polar surface area (TPSA) is 76.7 Å². The lowest BCUT2D eigenvalue weighted by atomic mass is 9.97. The summed E-state index contributed by atoms with van der Waals surface area (Å²) in [5.41, 5.74) is 1.20. The molecule has 1 N–H and O–H groups in total. The van der Waals surface area contributed by atoms with Crippen LogP contribution in [0.1, 0.15) is 19.3 Å². The van der Waals surface area contributed by atoms with Crippen LogP contribution in [0.25, 0.3) is 11.2 Å². The number of halogens is 1. The van der Waals surface area contributed by atoms with Gasteiger partial charge in [-0.15, -0.1) is 5.10 Å². The Hall–Kier alpha value is -1.27. The molecule has 1 saturated carbocycles. The van der Waals surface area contributed by atoms with E-state index in [2.05, 4.69) is 20.3 Å². The van der Waals surface area contributed by atoms with Gasteiger partial charge in [0, 0.05) is 13.2 Å². The van der Waals surface area contributed by atoms with Gasteiger partial charge in [0.15, 0.2) is 16.3 Å². The molecule has 2 aromatic rings. The van der Waals surface area contributed by atoms with Gasteiger partial charge in [0.05, 0.1) is 0 Å². The number of fused-ring (bicyclic) bond motifs is 1. The van der Waals surface area contributed by atoms with Crippen LogP contribution in [0.2, 0.25) is 5.15 Å². The molecule has 0 radical (unpaired) electrons. The van der Waals surface area contributed by atoms with Crippen molar-refractivity contribution in [3.8, 4) is 0 Å². The van der Waals surface area contributed by atoms with Crippen molar-refractivity contribution in [1.29, 1.82) is 0 Å². The SMILES string of the molecule is OC[C@@H]1CCC[C@H]1Cn1nnc2c(Cl)ncnc21. The highest BCUT2D eigenvalue weighted by molar-refractivity contribution is 6.33. The molecule has 0 spiro atoms. The lowest BCUT2D eigenvalue weighted by molar-refractivity contribution is 0.182. The van der Waals surface area contributed by atoms with Crippen molar-refractivity contribution in [3.63, 3.8) is 0 Å². The molecule has 1 aliphatic carbocycles. The van der Waals surface area contributed by atoms with Crippen molar-refractivity contribution in [3.05, 3.63) is 11.5 Å². The predicted octanol–water partition coefficient (Wildman–Crippen LogP) is 1.28. The lowest BCUT2D eigenvalue weighted by Gasteiger charge is -2.16. The Morgan fingerprint density at radius 1 is 1.33 bits per heavy atom. The smallest absolute Gasteiger partial charge is 0.183 e. The fourth-order valence-electron chi connectivity index (χ4n) is 2.70. The van der Waals surface area contributed by atoms with Crippen LogP contribution in [-0.4, -0.2) is 36.7 Å². The van der Waals surface area contributed by atoms with E-state index < -0.39 is 0 Å². The van der Waals surface area contributed by atoms with Crippen LogP contribution in [0, 0.1) is 11.8 Å². The molecule has 3 rings (SSSR count). The van der Waals surface area contributed by atoms with E-state index in [0.29, 0.717) is 28.2 Å². The highest BCUT2D eigenvalue weighted by Crippen LogP contribution is 2.32. The molecular formula is C11H14ClN5O. The van der Waals surface area contributed by atoms with Gasteiger partial charge in [0.2, 0.25) is 0 Å². The first-order valence-corrected chi connectivity index (χ1v) is 6.48. The molecule has 0 unspecified atom stereocenters. The molecule has 0 saturated heterocycles. The van der Waals surface area contributed by atoms with Crippen molar-refractivity contribution in [2.45, 2.75) is 25.8 Å². The maximum atomic E-state index is 9.33. The van der Waals surface area contributed by atoms with Crippen molar-refractivity contribution >= 4 is 22.8 Å². The molecule has 0 aliphatic heterocycles. The molecule has 96 valence electrons. The molecular weight excluding hydrogens is 254 g/mol. The molecule has 2 aromatic heterocycles. The number of aromatic nitrogens is 5. The Morgan fingerprint density at radius 3 is 3.00 bits per heavy atom. The molecule has 1 aliphatic rings. The molecule has 18 heavy (non-hydrogen) atoms. The number of aliphatic hydroxyl groups excluding tert-OH is 1. The second kappa shape index (κ2) is 4.78. The average Bonchev–Trinajstić information content (AvgIpc) is 2.98. The Bertz CT molecular complexity index is 557. The minimum absolute atomic E-state index is 0.243. The zero-order chi connectivity index (χ0) is 12.5. The third-order valence-corrected chi connectivity index (χ3v) is 3.99. The Kier molecular flexibility index (Phi) is 3.13. The minimum Gasteiger partial charge on any atom is -0.396 e. The number of hydrogen-bond acceptors (Lipinski definition) is 5. The van der Waals surface area contributed by atoms with Gasteiger partial charge in [0.1, 0.15) is 6.33 Å². The van der Waals surface area contributed by atoms with Crippen LogP contribution in [-0.2, 0) is 6.54 Å². The fraction of sp³-hybridized carbons (Fsp3) is 0.636. The third kappa shape index (κ3) is 1.95. The first kappa shape index (κ1) is 11.8. The van der Waals surface area contributed by atoms with Crippen LogP contribution in [0.5, 0.6) is 0 Å². The number of aliphatic hydroxyl groups is 1. The van der Waals surface area contributed by atoms with E-state index in [9.17, 15) is 5.11 Å². The van der Waals surface area contributed by atoms with Gasteiger partial charge in [-0.25, -0.2) is 14.6 Å². The van der Waals surface area contributed by atoms with Gasteiger partial charge >= 0.3 is 0 Å². The van der Waals surface area contributed by atoms with E-state index in [1.165, 1.54) is 6.33 Å². The van der Waals surface area contributed by atoms with E-state index in [4.69, 9.17) is 11.6 Å². The highest BCUT2D eigenvalue weighted by atomic mass is 35.5. The Labute approximate surface area is 109 Å². The summed E-state index contributed by atoms with van der Waals surface area (Å²) in [6.45, 7) is 0.974. The average molecular weight is 268 g/mol. The molecule has 2 atom stereocenters. The molecule has 0 amide bonds. The summed E-state index contributed by atoms with van der Waals surface area (Å²) in [5.74, 6) is 0.801. The highest BCUT2D eigenvalue weighted by Gasteiger charge is 2.28. The van der Waals surface area contributed by atoms with Gasteiger partial charge in [-0.1, -0.05) is 23.2 Å². The van der Waals surface area contributed by atoms with Gasteiger partial charge < -0.3 is 5.11 Å². The van der Waals surface area contributed by atoms with Gasteiger partial charge in [-0.3, -0.25) is 0 Å². The second-order valence-corrected chi connectivity index (χ2v) is 5.10. The van der Waals surface area contributed by atoms with Crippen molar-refractivity contribution in [2.75, 3.05) is 6.61 Å². The first-order valence-electron chi connectivity index (χ1n) is 6.10. The lowest BCUT2D eigenvalue weighted by Crippen LogP contribution is -2.19. The molecule has 7 heteroatoms. The summed E-state index contributed by atoms with van der Waals surface area (Å²) in [6.07, 6.45) is 4.79. The van der Waals surface area contributed by atoms with Crippen LogP contribution < -0.4 is 0 Å². The predicted molar refractivity (Wildman–Crippen MR) is 66.0 cm³/mol. The van der Waals surface area contributed by atoms with Crippen LogP contribution in [0.15, 0.2) is 6.33 Å². The Balaban J connectivity index is 1.89. The summed E-state index contributed by atoms with van der Waals surface area (Å²) >= 11 is 5.94. The normalized spacial score (nSPS) is 23.9. The second-order valence-electron chi connectivity index (χ2n) is 4.74. The van der Waals surface area contributed by atoms with Crippen LogP contribution >= 0.6 is 11.6 Å². The maximum absolute atomic E-state index is 9.33. The van der Waals surface area contributed by atoms with Crippen LogP contribution in [0.4, 0.5) is 0 Å². The summed E-state index contributed by atoms with van der Waals surface area (Å²) in [6, 6.07) is 0. The van der Waals surface area contributed by atoms with E-state index in [0.717, 1.165) is 25.8 Å². The number of hydrogen-bond donors (Lipinski definition) is 1.